The maximum absolute atomic E-state index is 13.3. The first-order valence-corrected chi connectivity index (χ1v) is 41.2. The number of amides is 6. The Hall–Kier alpha value is -10.8. The number of nitrogens with zero attached hydrogens (tertiary/aromatic N) is 6. The summed E-state index contributed by atoms with van der Waals surface area (Å²) >= 11 is 0. The van der Waals surface area contributed by atoms with E-state index in [1.807, 2.05) is 178 Å². The van der Waals surface area contributed by atoms with Gasteiger partial charge in [-0.3, -0.25) is 28.8 Å². The molecule has 1 atom stereocenters. The largest absolute Gasteiger partial charge is 0.489 e. The van der Waals surface area contributed by atoms with E-state index in [4.69, 9.17) is 14.2 Å². The molecule has 4 heterocycles. The Morgan fingerprint density at radius 2 is 0.886 bits per heavy atom. The topological polar surface area (TPSA) is 226 Å². The fourth-order valence-corrected chi connectivity index (χ4v) is 16.4. The van der Waals surface area contributed by atoms with Crippen LogP contribution in [0.2, 0.25) is 0 Å². The first kappa shape index (κ1) is 82.7. The molecule has 598 valence electrons. The molecule has 3 fully saturated rings. The molecular weight excluding hydrogens is 1430 g/mol. The smallest absolute Gasteiger partial charge is 0.278 e. The van der Waals surface area contributed by atoms with Gasteiger partial charge in [0.1, 0.15) is 35.9 Å². The van der Waals surface area contributed by atoms with Gasteiger partial charge in [0.25, 0.3) is 17.7 Å². The van der Waals surface area contributed by atoms with Crippen LogP contribution in [0, 0.1) is 45.4 Å². The van der Waals surface area contributed by atoms with Crippen LogP contribution < -0.4 is 45.4 Å². The summed E-state index contributed by atoms with van der Waals surface area (Å²) in [6, 6.07) is 56.5. The van der Waals surface area contributed by atoms with Crippen molar-refractivity contribution in [2.24, 2.45) is 27.7 Å². The molecule has 1 unspecified atom stereocenters. The van der Waals surface area contributed by atoms with Crippen LogP contribution in [0.25, 0.3) is 0 Å². The molecule has 1 aromatic heterocycles. The summed E-state index contributed by atoms with van der Waals surface area (Å²) in [6.45, 7) is 24.0. The number of aryl methyl sites for hydroxylation is 4. The molecule has 3 aliphatic carbocycles. The molecule has 14 rings (SSSR count). The maximum atomic E-state index is 13.3. The summed E-state index contributed by atoms with van der Waals surface area (Å²) in [4.78, 5) is 97.8. The molecule has 3 saturated carbocycles. The highest BCUT2D eigenvalue weighted by Crippen LogP contribution is 2.44. The SMILES string of the molecule is CCCOCc1ccc2c(c1)N(C1CCC(C(=O)NC(C)C)CC1)C(=NC(=O)c1ccc(C)cc1)C2.Cc1ccc(C(=O)N=C2Cc3ccc(Oc4ccccn4)cc3N2C2CCC(C(=O)NC(C)C)CC2)cc1.Cc1ccc(COc2ccc3c(c2)N(C2CCC(C(=O)NC(C)C)CC2)C(NC(=O)c2ccc(C)cc2)C3)cc1. The van der Waals surface area contributed by atoms with Crippen LogP contribution >= 0.6 is 0 Å². The first-order chi connectivity index (χ1) is 55.0. The highest BCUT2D eigenvalue weighted by atomic mass is 16.5. The van der Waals surface area contributed by atoms with Crippen molar-refractivity contribution in [1.29, 1.82) is 0 Å². The molecule has 0 saturated heterocycles. The zero-order valence-electron chi connectivity index (χ0n) is 68.3. The molecule has 0 spiro atoms. The van der Waals surface area contributed by atoms with Crippen LogP contribution in [0.3, 0.4) is 0 Å². The minimum Gasteiger partial charge on any atom is -0.489 e. The van der Waals surface area contributed by atoms with Gasteiger partial charge < -0.3 is 50.2 Å². The summed E-state index contributed by atoms with van der Waals surface area (Å²) < 4.78 is 18.0. The third-order valence-electron chi connectivity index (χ3n) is 22.4. The Balaban J connectivity index is 0.000000158. The average Bonchev–Trinajstić information content (AvgIpc) is 1.63. The fraction of sp³-hybridized carbons (Fsp3) is 0.421. The van der Waals surface area contributed by atoms with E-state index in [0.717, 1.165) is 164 Å². The number of aromatic nitrogens is 1. The molecule has 7 aromatic carbocycles. The summed E-state index contributed by atoms with van der Waals surface area (Å²) in [6.07, 6.45) is 14.7. The Morgan fingerprint density at radius 3 is 1.36 bits per heavy atom. The molecule has 3 aliphatic heterocycles. The Labute approximate surface area is 673 Å². The molecule has 19 heteroatoms. The quantitative estimate of drug-likeness (QED) is 0.0464. The van der Waals surface area contributed by atoms with Crippen LogP contribution in [0.5, 0.6) is 17.4 Å². The molecule has 6 aliphatic rings. The third-order valence-corrected chi connectivity index (χ3v) is 22.4. The molecule has 0 radical (unpaired) electrons. The van der Waals surface area contributed by atoms with Crippen molar-refractivity contribution in [3.63, 3.8) is 0 Å². The maximum Gasteiger partial charge on any atom is 0.278 e. The Kier molecular flexibility index (Phi) is 28.2. The van der Waals surface area contributed by atoms with Crippen LogP contribution in [-0.4, -0.2) is 101 Å². The summed E-state index contributed by atoms with van der Waals surface area (Å²) in [7, 11) is 0. The van der Waals surface area contributed by atoms with Crippen LogP contribution in [-0.2, 0) is 51.6 Å². The van der Waals surface area contributed by atoms with Gasteiger partial charge in [-0.15, -0.1) is 0 Å². The number of benzene rings is 7. The average molecular weight is 1540 g/mol. The van der Waals surface area contributed by atoms with Crippen molar-refractivity contribution >= 4 is 64.2 Å². The van der Waals surface area contributed by atoms with Crippen molar-refractivity contribution < 1.29 is 43.0 Å². The summed E-state index contributed by atoms with van der Waals surface area (Å²) in [5.41, 5.74) is 15.4. The Morgan fingerprint density at radius 1 is 0.456 bits per heavy atom. The number of amidine groups is 2. The van der Waals surface area contributed by atoms with Crippen molar-refractivity contribution in [3.05, 3.63) is 243 Å². The van der Waals surface area contributed by atoms with Crippen molar-refractivity contribution in [1.82, 2.24) is 26.3 Å². The number of carbonyl (C=O) groups is 6. The molecule has 19 nitrogen and oxygen atoms in total. The molecule has 4 N–H and O–H groups in total. The first-order valence-electron chi connectivity index (χ1n) is 41.2. The monoisotopic (exact) mass is 1540 g/mol. The second-order valence-electron chi connectivity index (χ2n) is 32.6. The number of fused-ring (bicyclic) bond motifs is 3. The molecule has 0 bridgehead atoms. The zero-order chi connectivity index (χ0) is 80.5. The zero-order valence-corrected chi connectivity index (χ0v) is 68.3. The number of nitrogens with one attached hydrogen (secondary N) is 4. The van der Waals surface area contributed by atoms with Gasteiger partial charge in [-0.1, -0.05) is 120 Å². The van der Waals surface area contributed by atoms with Gasteiger partial charge in [0.15, 0.2) is 0 Å². The van der Waals surface area contributed by atoms with Gasteiger partial charge in [0.05, 0.1) is 6.61 Å². The Bertz CT molecular complexity index is 4690. The standard InChI is InChI=1S/C34H41N3O3.C31H34N4O3.C30H39N3O3/c1-22(2)35-33(38)27-13-16-29(17-14-27)37-31-20-30(40-21-25-9-5-23(3)6-10-25)18-15-28(31)19-32(37)36-34(39)26-11-7-24(4)8-12-26;1-20(2)33-30(36)23-11-14-25(15-12-23)35-27-19-26(38-29-6-4-5-17-32-29)16-13-24(27)18-28(35)34-31(37)22-9-7-21(3)8-10-22;1-5-16-36-19-22-8-11-25-18-28(32-30(35)23-9-6-21(4)7-10-23)33(27(25)17-22)26-14-12-24(13-15-26)29(34)31-20(2)3/h5-12,15,18,20,22,27,29,32H,13-14,16-17,19,21H2,1-4H3,(H,35,38)(H,36,39);4-10,13,16-17,19-20,23,25H,11-12,14-15,18H2,1-3H3,(H,33,36);6-11,17,20,24,26H,5,12-16,18-19H2,1-4H3,(H,31,34). The van der Waals surface area contributed by atoms with Crippen molar-refractivity contribution in [3.8, 4) is 17.4 Å². The summed E-state index contributed by atoms with van der Waals surface area (Å²) in [5.74, 6) is 3.62. The number of carbonyl (C=O) groups excluding carboxylic acids is 6. The van der Waals surface area contributed by atoms with E-state index in [1.165, 1.54) is 16.7 Å². The number of hydrogen-bond donors (Lipinski definition) is 4. The lowest BCUT2D eigenvalue weighted by molar-refractivity contribution is -0.127. The lowest BCUT2D eigenvalue weighted by Gasteiger charge is -2.40. The van der Waals surface area contributed by atoms with Gasteiger partial charge in [0, 0.05) is 138 Å². The van der Waals surface area contributed by atoms with Gasteiger partial charge >= 0.3 is 0 Å². The minimum absolute atomic E-state index is 0.0177. The third kappa shape index (κ3) is 21.7. The van der Waals surface area contributed by atoms with Crippen LogP contribution in [0.15, 0.2) is 186 Å². The molecule has 8 aromatic rings. The van der Waals surface area contributed by atoms with E-state index in [2.05, 4.69) is 119 Å². The predicted octanol–water partition coefficient (Wildman–Crippen LogP) is 17.6. The minimum atomic E-state index is -0.243. The summed E-state index contributed by atoms with van der Waals surface area (Å²) in [5, 5.41) is 12.5. The second kappa shape index (κ2) is 38.8. The number of rotatable bonds is 22. The molecule has 114 heavy (non-hydrogen) atoms. The number of aliphatic imine (C=N–C) groups is 2. The van der Waals surface area contributed by atoms with Gasteiger partial charge in [-0.05, 0) is 241 Å². The van der Waals surface area contributed by atoms with E-state index < -0.39 is 0 Å². The van der Waals surface area contributed by atoms with E-state index in [-0.39, 0.29) is 95.6 Å². The van der Waals surface area contributed by atoms with Crippen LogP contribution in [0.1, 0.15) is 213 Å². The lowest BCUT2D eigenvalue weighted by Crippen LogP contribution is -2.52. The number of ether oxygens (including phenoxy) is 3. The van der Waals surface area contributed by atoms with Gasteiger partial charge in [-0.2, -0.15) is 9.98 Å². The van der Waals surface area contributed by atoms with E-state index in [9.17, 15) is 28.8 Å². The highest BCUT2D eigenvalue weighted by molar-refractivity contribution is 6.14. The van der Waals surface area contributed by atoms with Crippen LogP contribution in [0.4, 0.5) is 17.1 Å². The number of pyridine rings is 1. The highest BCUT2D eigenvalue weighted by Gasteiger charge is 2.41. The van der Waals surface area contributed by atoms with E-state index >= 15 is 0 Å². The van der Waals surface area contributed by atoms with Gasteiger partial charge in [-0.25, -0.2) is 4.98 Å². The fourth-order valence-electron chi connectivity index (χ4n) is 16.4. The normalized spacial score (nSPS) is 20.2. The van der Waals surface area contributed by atoms with Crippen molar-refractivity contribution in [2.75, 3.05) is 21.3 Å². The van der Waals surface area contributed by atoms with E-state index in [1.54, 1.807) is 6.20 Å². The molecule has 6 amide bonds. The second-order valence-corrected chi connectivity index (χ2v) is 32.6. The van der Waals surface area contributed by atoms with Crippen molar-refractivity contribution in [2.45, 2.75) is 235 Å². The molecular formula is C95H114N10O9. The number of anilines is 3. The predicted molar refractivity (Wildman–Crippen MR) is 453 cm³/mol. The van der Waals surface area contributed by atoms with E-state index in [0.29, 0.717) is 54.4 Å². The van der Waals surface area contributed by atoms with Gasteiger partial charge in [0.2, 0.25) is 23.6 Å². The lowest BCUT2D eigenvalue weighted by atomic mass is 9.84. The number of hydrogen-bond acceptors (Lipinski definition) is 11.